The lowest BCUT2D eigenvalue weighted by Crippen LogP contribution is -2.54. The number of nitrogens with zero attached hydrogens (tertiary/aromatic N) is 1. The normalized spacial score (nSPS) is 17.9. The van der Waals surface area contributed by atoms with Crippen molar-refractivity contribution in [2.75, 3.05) is 19.7 Å². The number of amides is 1. The number of hydrogen-bond acceptors (Lipinski definition) is 3. The second-order valence-electron chi connectivity index (χ2n) is 5.70. The molecule has 0 aromatic heterocycles. The molecule has 0 atom stereocenters. The molecule has 7 heteroatoms. The Bertz CT molecular complexity index is 534. The molecule has 1 amide bonds. The molecule has 1 aromatic rings. The maximum Gasteiger partial charge on any atom is 0.417 e. The number of piperidine rings is 1. The Morgan fingerprint density at radius 2 is 1.83 bits per heavy atom. The van der Waals surface area contributed by atoms with E-state index in [-0.39, 0.29) is 25.6 Å². The summed E-state index contributed by atoms with van der Waals surface area (Å²) in [4.78, 5) is 13.3. The monoisotopic (exact) mass is 331 g/mol. The Kier molecular flexibility index (Phi) is 5.19. The Morgan fingerprint density at radius 3 is 2.30 bits per heavy atom. The predicted octanol–water partition coefficient (Wildman–Crippen LogP) is 2.54. The number of aryl methyl sites for hydroxylation is 1. The number of alkyl halides is 3. The van der Waals surface area contributed by atoms with Crippen molar-refractivity contribution in [3.05, 3.63) is 29.8 Å². The fraction of sp³-hybridized carbons (Fsp3) is 0.562. The molecule has 0 aliphatic carbocycles. The number of carbonyl (C=O) groups excluding carboxylic acids is 1. The van der Waals surface area contributed by atoms with Gasteiger partial charge in [-0.3, -0.25) is 4.79 Å². The first-order chi connectivity index (χ1) is 10.7. The average molecular weight is 331 g/mol. The van der Waals surface area contributed by atoms with Gasteiger partial charge in [-0.2, -0.15) is 13.2 Å². The maximum absolute atomic E-state index is 12.7. The zero-order valence-corrected chi connectivity index (χ0v) is 12.9. The zero-order chi connectivity index (χ0) is 17.1. The summed E-state index contributed by atoms with van der Waals surface area (Å²) in [6.45, 7) is 1.54. The molecule has 23 heavy (non-hydrogen) atoms. The fourth-order valence-corrected chi connectivity index (χ4v) is 2.47. The molecule has 1 aliphatic rings. The summed E-state index contributed by atoms with van der Waals surface area (Å²) in [6, 6.07) is 7.30. The van der Waals surface area contributed by atoms with Gasteiger partial charge in [-0.25, -0.2) is 0 Å². The van der Waals surface area contributed by atoms with E-state index in [0.29, 0.717) is 5.75 Å². The Balaban J connectivity index is 1.83. The molecular weight excluding hydrogens is 311 g/mol. The molecule has 4 nitrogen and oxygen atoms in total. The van der Waals surface area contributed by atoms with Crippen LogP contribution in [-0.2, 0) is 11.2 Å². The molecule has 2 rings (SSSR count). The van der Waals surface area contributed by atoms with Gasteiger partial charge in [0.1, 0.15) is 5.75 Å². The van der Waals surface area contributed by atoms with Crippen LogP contribution in [0.1, 0.15) is 25.3 Å². The molecule has 1 aliphatic heterocycles. The van der Waals surface area contributed by atoms with Crippen LogP contribution in [0.15, 0.2) is 24.3 Å². The first-order valence-corrected chi connectivity index (χ1v) is 7.54. The summed E-state index contributed by atoms with van der Waals surface area (Å²) < 4.78 is 43.5. The van der Waals surface area contributed by atoms with Crippen molar-refractivity contribution in [3.8, 4) is 5.75 Å². The summed E-state index contributed by atoms with van der Waals surface area (Å²) >= 11 is 0. The number of likely N-dealkylation sites (tertiary alicyclic amines) is 1. The lowest BCUT2D eigenvalue weighted by molar-refractivity contribution is -0.272. The highest BCUT2D eigenvalue weighted by atomic mass is 19.4. The van der Waals surface area contributed by atoms with Crippen molar-refractivity contribution in [1.82, 2.24) is 4.90 Å². The molecule has 0 spiro atoms. The Hall–Kier alpha value is -1.76. The van der Waals surface area contributed by atoms with Gasteiger partial charge in [-0.1, -0.05) is 19.1 Å². The van der Waals surface area contributed by atoms with Gasteiger partial charge in [0.25, 0.3) is 5.91 Å². The number of ether oxygens (including phenoxy) is 1. The number of hydrogen-bond donors (Lipinski definition) is 1. The smallest absolute Gasteiger partial charge is 0.417 e. The Labute approximate surface area is 132 Å². The zero-order valence-electron chi connectivity index (χ0n) is 12.9. The molecule has 1 heterocycles. The average Bonchev–Trinajstić information content (AvgIpc) is 2.53. The molecule has 128 valence electrons. The highest BCUT2D eigenvalue weighted by Crippen LogP contribution is 2.38. The van der Waals surface area contributed by atoms with Crippen LogP contribution in [0.25, 0.3) is 0 Å². The van der Waals surface area contributed by atoms with Crippen LogP contribution in [0.5, 0.6) is 5.75 Å². The second-order valence-corrected chi connectivity index (χ2v) is 5.70. The Morgan fingerprint density at radius 1 is 1.26 bits per heavy atom. The third kappa shape index (κ3) is 4.16. The van der Waals surface area contributed by atoms with Crippen molar-refractivity contribution in [3.63, 3.8) is 0 Å². The van der Waals surface area contributed by atoms with Crippen molar-refractivity contribution in [2.24, 2.45) is 0 Å². The van der Waals surface area contributed by atoms with Crippen LogP contribution < -0.4 is 4.74 Å². The van der Waals surface area contributed by atoms with Gasteiger partial charge in [0.05, 0.1) is 0 Å². The van der Waals surface area contributed by atoms with E-state index < -0.39 is 24.6 Å². The van der Waals surface area contributed by atoms with E-state index >= 15 is 0 Å². The molecule has 1 N–H and O–H groups in total. The van der Waals surface area contributed by atoms with E-state index in [1.807, 2.05) is 19.1 Å². The van der Waals surface area contributed by atoms with Gasteiger partial charge in [-0.15, -0.1) is 0 Å². The summed E-state index contributed by atoms with van der Waals surface area (Å²) in [5, 5.41) is 9.57. The van der Waals surface area contributed by atoms with E-state index in [4.69, 9.17) is 4.74 Å². The molecular formula is C16H20F3NO3. The summed E-state index contributed by atoms with van der Waals surface area (Å²) in [5.41, 5.74) is -1.55. The van der Waals surface area contributed by atoms with Gasteiger partial charge in [0.2, 0.25) is 0 Å². The van der Waals surface area contributed by atoms with E-state index in [1.165, 1.54) is 4.90 Å². The van der Waals surface area contributed by atoms with Crippen LogP contribution in [0.3, 0.4) is 0 Å². The van der Waals surface area contributed by atoms with Crippen LogP contribution in [-0.4, -0.2) is 47.4 Å². The van der Waals surface area contributed by atoms with Crippen molar-refractivity contribution < 1.29 is 27.8 Å². The maximum atomic E-state index is 12.7. The molecule has 0 bridgehead atoms. The van der Waals surface area contributed by atoms with Crippen LogP contribution in [0.4, 0.5) is 13.2 Å². The quantitative estimate of drug-likeness (QED) is 0.922. The number of halogens is 3. The topological polar surface area (TPSA) is 49.8 Å². The third-order valence-electron chi connectivity index (χ3n) is 4.16. The predicted molar refractivity (Wildman–Crippen MR) is 78.1 cm³/mol. The van der Waals surface area contributed by atoms with Crippen molar-refractivity contribution in [2.45, 2.75) is 38.0 Å². The minimum absolute atomic E-state index is 0.132. The molecule has 0 unspecified atom stereocenters. The highest BCUT2D eigenvalue weighted by Gasteiger charge is 2.54. The fourth-order valence-electron chi connectivity index (χ4n) is 2.47. The van der Waals surface area contributed by atoms with Crippen molar-refractivity contribution >= 4 is 5.91 Å². The van der Waals surface area contributed by atoms with Crippen LogP contribution >= 0.6 is 0 Å². The van der Waals surface area contributed by atoms with Gasteiger partial charge in [0.15, 0.2) is 12.2 Å². The number of rotatable bonds is 4. The highest BCUT2D eigenvalue weighted by molar-refractivity contribution is 5.77. The van der Waals surface area contributed by atoms with Crippen LogP contribution in [0, 0.1) is 0 Å². The first-order valence-electron chi connectivity index (χ1n) is 7.54. The third-order valence-corrected chi connectivity index (χ3v) is 4.16. The van der Waals surface area contributed by atoms with Gasteiger partial charge in [-0.05, 0) is 24.1 Å². The molecule has 1 fully saturated rings. The van der Waals surface area contributed by atoms with Gasteiger partial charge in [0, 0.05) is 25.9 Å². The molecule has 0 saturated carbocycles. The summed E-state index contributed by atoms with van der Waals surface area (Å²) in [6.07, 6.45) is -4.78. The SMILES string of the molecule is CCc1ccc(OCC(=O)N2CCC(O)(C(F)(F)F)CC2)cc1. The number of aliphatic hydroxyl groups is 1. The second kappa shape index (κ2) is 6.78. The van der Waals surface area contributed by atoms with E-state index in [1.54, 1.807) is 12.1 Å². The molecule has 1 saturated heterocycles. The molecule has 1 aromatic carbocycles. The van der Waals surface area contributed by atoms with Crippen molar-refractivity contribution in [1.29, 1.82) is 0 Å². The summed E-state index contributed by atoms with van der Waals surface area (Å²) in [7, 11) is 0. The minimum atomic E-state index is -4.67. The minimum Gasteiger partial charge on any atom is -0.484 e. The number of carbonyl (C=O) groups is 1. The van der Waals surface area contributed by atoms with Gasteiger partial charge < -0.3 is 14.7 Å². The lowest BCUT2D eigenvalue weighted by Gasteiger charge is -2.39. The van der Waals surface area contributed by atoms with Gasteiger partial charge >= 0.3 is 6.18 Å². The van der Waals surface area contributed by atoms with E-state index in [9.17, 15) is 23.1 Å². The number of benzene rings is 1. The van der Waals surface area contributed by atoms with E-state index in [0.717, 1.165) is 12.0 Å². The largest absolute Gasteiger partial charge is 0.484 e. The standard InChI is InChI=1S/C16H20F3NO3/c1-2-12-3-5-13(6-4-12)23-11-14(21)20-9-7-15(22,8-10-20)16(17,18)19/h3-6,22H,2,7-11H2,1H3. The van der Waals surface area contributed by atoms with Crippen LogP contribution in [0.2, 0.25) is 0 Å². The summed E-state index contributed by atoms with van der Waals surface area (Å²) in [5.74, 6) is 0.160. The molecule has 0 radical (unpaired) electrons. The van der Waals surface area contributed by atoms with E-state index in [2.05, 4.69) is 0 Å². The lowest BCUT2D eigenvalue weighted by atomic mass is 9.91. The first kappa shape index (κ1) is 17.6.